The van der Waals surface area contributed by atoms with E-state index in [4.69, 9.17) is 4.74 Å². The summed E-state index contributed by atoms with van der Waals surface area (Å²) in [4.78, 5) is 29.1. The second-order valence-electron chi connectivity index (χ2n) is 8.43. The van der Waals surface area contributed by atoms with Gasteiger partial charge in [-0.3, -0.25) is 4.79 Å². The third-order valence-electron chi connectivity index (χ3n) is 6.42. The van der Waals surface area contributed by atoms with E-state index in [-0.39, 0.29) is 23.7 Å². The van der Waals surface area contributed by atoms with Crippen LogP contribution in [0.5, 0.6) is 5.75 Å². The van der Waals surface area contributed by atoms with Crippen LogP contribution in [0.15, 0.2) is 18.2 Å². The van der Waals surface area contributed by atoms with Gasteiger partial charge in [0.1, 0.15) is 49.8 Å². The Labute approximate surface area is 164 Å². The Morgan fingerprint density at radius 1 is 1.21 bits per heavy atom. The number of hydrogen-bond donors (Lipinski definition) is 3. The maximum absolute atomic E-state index is 13.6. The van der Waals surface area contributed by atoms with Gasteiger partial charge >= 0.3 is 6.03 Å². The van der Waals surface area contributed by atoms with Crippen molar-refractivity contribution in [3.63, 3.8) is 0 Å². The molecule has 3 amide bonds. The second-order valence-corrected chi connectivity index (χ2v) is 8.43. The molecule has 28 heavy (non-hydrogen) atoms. The molecule has 0 spiro atoms. The van der Waals surface area contributed by atoms with E-state index in [1.165, 1.54) is 26.8 Å². The number of urea groups is 1. The Bertz CT molecular complexity index is 777. The first-order valence-electron chi connectivity index (χ1n) is 10.0. The summed E-state index contributed by atoms with van der Waals surface area (Å²) >= 11 is 0. The zero-order valence-corrected chi connectivity index (χ0v) is 16.5. The van der Waals surface area contributed by atoms with Gasteiger partial charge in [0.15, 0.2) is 6.67 Å². The normalized spacial score (nSPS) is 30.5. The molecule has 1 saturated carbocycles. The Morgan fingerprint density at radius 3 is 2.54 bits per heavy atom. The van der Waals surface area contributed by atoms with Crippen molar-refractivity contribution >= 4 is 11.9 Å². The molecule has 4 rings (SSSR count). The molecule has 152 valence electrons. The monoisotopic (exact) mass is 392 g/mol. The highest BCUT2D eigenvalue weighted by Crippen LogP contribution is 2.42. The largest absolute Gasteiger partial charge is 0.496 e. The third kappa shape index (κ3) is 3.58. The van der Waals surface area contributed by atoms with E-state index in [9.17, 15) is 14.0 Å². The maximum Gasteiger partial charge on any atom is 0.329 e. The molecule has 8 heteroatoms. The van der Waals surface area contributed by atoms with Crippen LogP contribution in [0, 0.1) is 11.7 Å². The van der Waals surface area contributed by atoms with Gasteiger partial charge in [-0.15, -0.1) is 0 Å². The number of rotatable bonds is 6. The maximum atomic E-state index is 13.6. The number of hydrogen-bond acceptors (Lipinski definition) is 3. The van der Waals surface area contributed by atoms with Crippen molar-refractivity contribution in [1.29, 1.82) is 0 Å². The first-order chi connectivity index (χ1) is 13.4. The van der Waals surface area contributed by atoms with Crippen molar-refractivity contribution in [2.45, 2.75) is 31.8 Å². The first kappa shape index (κ1) is 19.1. The minimum atomic E-state index is -0.711. The predicted octanol–water partition coefficient (Wildman–Crippen LogP) is -1.20. The molecule has 1 aliphatic carbocycles. The zero-order chi connectivity index (χ0) is 19.9. The van der Waals surface area contributed by atoms with Gasteiger partial charge in [-0.2, -0.15) is 0 Å². The van der Waals surface area contributed by atoms with E-state index in [1.807, 2.05) is 6.92 Å². The molecule has 2 aliphatic heterocycles. The molecule has 2 saturated heterocycles. The SMILES string of the molecule is COc1ccc(F)cc1C[NH+]1CC[NH+](CN2C(=O)N[C@](C)(C3CC3)C2=O)CC1. The molecule has 0 unspecified atom stereocenters. The van der Waals surface area contributed by atoms with Gasteiger partial charge in [0.2, 0.25) is 0 Å². The Balaban J connectivity index is 1.32. The summed E-state index contributed by atoms with van der Waals surface area (Å²) in [6.45, 7) is 6.51. The quantitative estimate of drug-likeness (QED) is 0.533. The smallest absolute Gasteiger partial charge is 0.329 e. The fraction of sp³-hybridized carbons (Fsp3) is 0.600. The van der Waals surface area contributed by atoms with Crippen LogP contribution in [0.2, 0.25) is 0 Å². The van der Waals surface area contributed by atoms with Gasteiger partial charge in [0.05, 0.1) is 12.7 Å². The molecule has 3 fully saturated rings. The van der Waals surface area contributed by atoms with Crippen LogP contribution >= 0.6 is 0 Å². The van der Waals surface area contributed by atoms with Gasteiger partial charge in [0, 0.05) is 0 Å². The molecule has 3 aliphatic rings. The number of piperazine rings is 1. The van der Waals surface area contributed by atoms with E-state index in [0.29, 0.717) is 19.0 Å². The highest BCUT2D eigenvalue weighted by molar-refractivity contribution is 6.07. The van der Waals surface area contributed by atoms with E-state index >= 15 is 0 Å². The molecular formula is C20H29FN4O3+2. The van der Waals surface area contributed by atoms with Gasteiger partial charge in [-0.1, -0.05) is 0 Å². The van der Waals surface area contributed by atoms with E-state index in [0.717, 1.165) is 44.6 Å². The van der Waals surface area contributed by atoms with Crippen molar-refractivity contribution in [2.75, 3.05) is 40.0 Å². The number of amides is 3. The number of quaternary nitrogens is 2. The minimum Gasteiger partial charge on any atom is -0.496 e. The number of imide groups is 1. The number of benzene rings is 1. The fourth-order valence-electron chi connectivity index (χ4n) is 4.47. The Morgan fingerprint density at radius 2 is 1.89 bits per heavy atom. The topological polar surface area (TPSA) is 67.5 Å². The van der Waals surface area contributed by atoms with Crippen molar-refractivity contribution in [3.05, 3.63) is 29.6 Å². The van der Waals surface area contributed by atoms with Gasteiger partial charge in [-0.05, 0) is 43.9 Å². The summed E-state index contributed by atoms with van der Waals surface area (Å²) in [5, 5.41) is 2.91. The third-order valence-corrected chi connectivity index (χ3v) is 6.42. The summed E-state index contributed by atoms with van der Waals surface area (Å²) in [5.41, 5.74) is 0.160. The van der Waals surface area contributed by atoms with Gasteiger partial charge in [-0.25, -0.2) is 14.1 Å². The fourth-order valence-corrected chi connectivity index (χ4v) is 4.47. The van der Waals surface area contributed by atoms with Gasteiger partial charge < -0.3 is 19.9 Å². The lowest BCUT2D eigenvalue weighted by atomic mass is 9.96. The number of nitrogens with zero attached hydrogens (tertiary/aromatic N) is 1. The molecule has 0 bridgehead atoms. The predicted molar refractivity (Wildman–Crippen MR) is 99.4 cm³/mol. The number of carbonyl (C=O) groups excluding carboxylic acids is 2. The Kier molecular flexibility index (Phi) is 5.01. The number of nitrogens with one attached hydrogen (secondary N) is 3. The summed E-state index contributed by atoms with van der Waals surface area (Å²) in [6, 6.07) is 4.36. The average molecular weight is 392 g/mol. The summed E-state index contributed by atoms with van der Waals surface area (Å²) < 4.78 is 18.9. The Hall–Kier alpha value is -2.19. The van der Waals surface area contributed by atoms with Crippen molar-refractivity contribution in [2.24, 2.45) is 5.92 Å². The molecule has 2 heterocycles. The lowest BCUT2D eigenvalue weighted by molar-refractivity contribution is -1.02. The number of ether oxygens (including phenoxy) is 1. The summed E-state index contributed by atoms with van der Waals surface area (Å²) in [7, 11) is 1.60. The van der Waals surface area contributed by atoms with Crippen molar-refractivity contribution < 1.29 is 28.5 Å². The summed E-state index contributed by atoms with van der Waals surface area (Å²) in [6.07, 6.45) is 2.02. The van der Waals surface area contributed by atoms with Crippen LogP contribution in [0.1, 0.15) is 25.3 Å². The van der Waals surface area contributed by atoms with Crippen LogP contribution in [0.3, 0.4) is 0 Å². The molecule has 1 atom stereocenters. The molecule has 7 nitrogen and oxygen atoms in total. The van der Waals surface area contributed by atoms with E-state index in [1.54, 1.807) is 13.2 Å². The van der Waals surface area contributed by atoms with Crippen molar-refractivity contribution in [3.8, 4) is 5.75 Å². The average Bonchev–Trinajstić information content (AvgIpc) is 3.49. The lowest BCUT2D eigenvalue weighted by Gasteiger charge is -2.31. The first-order valence-corrected chi connectivity index (χ1v) is 10.0. The van der Waals surface area contributed by atoms with Gasteiger partial charge in [0.25, 0.3) is 5.91 Å². The zero-order valence-electron chi connectivity index (χ0n) is 16.5. The van der Waals surface area contributed by atoms with Crippen LogP contribution in [-0.4, -0.2) is 62.3 Å². The molecule has 0 aromatic heterocycles. The molecular weight excluding hydrogens is 363 g/mol. The number of halogens is 1. The van der Waals surface area contributed by atoms with Crippen LogP contribution < -0.4 is 19.9 Å². The molecule has 1 aromatic carbocycles. The molecule has 3 N–H and O–H groups in total. The van der Waals surface area contributed by atoms with Crippen LogP contribution in [0.25, 0.3) is 0 Å². The number of methoxy groups -OCH3 is 1. The van der Waals surface area contributed by atoms with Crippen LogP contribution in [0.4, 0.5) is 9.18 Å². The molecule has 1 aromatic rings. The highest BCUT2D eigenvalue weighted by atomic mass is 19.1. The number of carbonyl (C=O) groups is 2. The van der Waals surface area contributed by atoms with E-state index in [2.05, 4.69) is 5.32 Å². The van der Waals surface area contributed by atoms with Crippen molar-refractivity contribution in [1.82, 2.24) is 10.2 Å². The van der Waals surface area contributed by atoms with Crippen LogP contribution in [-0.2, 0) is 11.3 Å². The highest BCUT2D eigenvalue weighted by Gasteiger charge is 2.56. The molecule has 0 radical (unpaired) electrons. The summed E-state index contributed by atoms with van der Waals surface area (Å²) in [5.74, 6) is 0.664. The second kappa shape index (κ2) is 7.33. The standard InChI is InChI=1S/C20H27FN4O3/c1-20(15-3-4-15)18(26)25(19(27)22-20)13-24-9-7-23(8-10-24)12-14-11-16(21)5-6-17(14)28-2/h5-6,11,15H,3-4,7-10,12-13H2,1-2H3,(H,22,27)/p+2/t20-/m1/s1. The minimum absolute atomic E-state index is 0.0771. The lowest BCUT2D eigenvalue weighted by Crippen LogP contribution is -3.28. The van der Waals surface area contributed by atoms with E-state index < -0.39 is 5.54 Å².